The normalized spacial score (nSPS) is 20.9. The molecule has 1 aromatic carbocycles. The van der Waals surface area contributed by atoms with E-state index < -0.39 is 23.6 Å². The van der Waals surface area contributed by atoms with Crippen molar-refractivity contribution in [3.8, 4) is 0 Å². The maximum Gasteiger partial charge on any atom is 0.330 e. The number of fused-ring (bicyclic) bond motifs is 1. The van der Waals surface area contributed by atoms with Gasteiger partial charge in [-0.15, -0.1) is 0 Å². The SMILES string of the molecule is Cc1cn([C@@H]2O[C@H](CO)c3ccccc32)c(=O)[nH]c1=O. The van der Waals surface area contributed by atoms with Gasteiger partial charge in [0.25, 0.3) is 5.56 Å². The van der Waals surface area contributed by atoms with Crippen LogP contribution < -0.4 is 11.2 Å². The van der Waals surface area contributed by atoms with E-state index in [0.717, 1.165) is 11.1 Å². The average molecular weight is 274 g/mol. The summed E-state index contributed by atoms with van der Waals surface area (Å²) in [6.45, 7) is 1.46. The Labute approximate surface area is 114 Å². The fourth-order valence-electron chi connectivity index (χ4n) is 2.45. The van der Waals surface area contributed by atoms with Crippen molar-refractivity contribution in [2.45, 2.75) is 19.3 Å². The van der Waals surface area contributed by atoms with Crippen molar-refractivity contribution in [2.75, 3.05) is 6.61 Å². The van der Waals surface area contributed by atoms with Gasteiger partial charge in [0.05, 0.1) is 6.61 Å². The number of ether oxygens (including phenoxy) is 1. The largest absolute Gasteiger partial charge is 0.393 e. The first-order chi connectivity index (χ1) is 9.61. The van der Waals surface area contributed by atoms with E-state index in [1.165, 1.54) is 10.8 Å². The number of benzene rings is 1. The summed E-state index contributed by atoms with van der Waals surface area (Å²) in [5.41, 5.74) is 1.17. The van der Waals surface area contributed by atoms with Crippen molar-refractivity contribution >= 4 is 0 Å². The molecule has 6 heteroatoms. The van der Waals surface area contributed by atoms with E-state index in [1.54, 1.807) is 6.92 Å². The molecular formula is C14H14N2O4. The first-order valence-electron chi connectivity index (χ1n) is 6.29. The average Bonchev–Trinajstić information content (AvgIpc) is 2.82. The van der Waals surface area contributed by atoms with E-state index in [4.69, 9.17) is 4.74 Å². The second-order valence-electron chi connectivity index (χ2n) is 4.77. The molecule has 0 radical (unpaired) electrons. The Morgan fingerprint density at radius 1 is 1.30 bits per heavy atom. The summed E-state index contributed by atoms with van der Waals surface area (Å²) in [4.78, 5) is 25.6. The van der Waals surface area contributed by atoms with Crippen LogP contribution in [0.2, 0.25) is 0 Å². The van der Waals surface area contributed by atoms with Crippen molar-refractivity contribution in [3.05, 3.63) is 68.0 Å². The number of rotatable bonds is 2. The molecule has 1 aliphatic rings. The number of aromatic amines is 1. The number of hydrogen-bond donors (Lipinski definition) is 2. The molecule has 1 aliphatic heterocycles. The number of aliphatic hydroxyl groups excluding tert-OH is 1. The molecule has 3 rings (SSSR count). The third-order valence-electron chi connectivity index (χ3n) is 3.47. The standard InChI is InChI=1S/C14H14N2O4/c1-8-6-16(14(19)15-12(8)18)13-10-5-3-2-4-9(10)11(7-17)20-13/h2-6,11,13,17H,7H2,1H3,(H,15,18,19)/t11-,13-/m1/s1. The molecule has 2 N–H and O–H groups in total. The highest BCUT2D eigenvalue weighted by molar-refractivity contribution is 5.34. The maximum absolute atomic E-state index is 11.9. The van der Waals surface area contributed by atoms with Gasteiger partial charge in [0.2, 0.25) is 0 Å². The predicted octanol–water partition coefficient (Wildman–Crippen LogP) is 0.456. The number of H-pyrrole nitrogens is 1. The number of aromatic nitrogens is 2. The van der Waals surface area contributed by atoms with Crippen LogP contribution in [0.25, 0.3) is 0 Å². The van der Waals surface area contributed by atoms with Crippen molar-refractivity contribution < 1.29 is 9.84 Å². The van der Waals surface area contributed by atoms with Gasteiger partial charge < -0.3 is 9.84 Å². The lowest BCUT2D eigenvalue weighted by Crippen LogP contribution is -2.33. The van der Waals surface area contributed by atoms with Gasteiger partial charge in [0.15, 0.2) is 6.23 Å². The Balaban J connectivity index is 2.16. The van der Waals surface area contributed by atoms with E-state index in [0.29, 0.717) is 5.56 Å². The van der Waals surface area contributed by atoms with Crippen molar-refractivity contribution in [1.82, 2.24) is 9.55 Å². The Morgan fingerprint density at radius 3 is 2.70 bits per heavy atom. The van der Waals surface area contributed by atoms with E-state index in [-0.39, 0.29) is 6.61 Å². The van der Waals surface area contributed by atoms with Crippen molar-refractivity contribution in [3.63, 3.8) is 0 Å². The summed E-state index contributed by atoms with van der Waals surface area (Å²) in [7, 11) is 0. The smallest absolute Gasteiger partial charge is 0.330 e. The molecule has 6 nitrogen and oxygen atoms in total. The molecule has 20 heavy (non-hydrogen) atoms. The van der Waals surface area contributed by atoms with Crippen LogP contribution in [0.4, 0.5) is 0 Å². The summed E-state index contributed by atoms with van der Waals surface area (Å²) in [6, 6.07) is 7.41. The molecule has 2 aromatic rings. The number of hydrogen-bond acceptors (Lipinski definition) is 4. The lowest BCUT2D eigenvalue weighted by Gasteiger charge is -2.16. The molecule has 0 spiro atoms. The molecule has 0 unspecified atom stereocenters. The van der Waals surface area contributed by atoms with Gasteiger partial charge >= 0.3 is 5.69 Å². The van der Waals surface area contributed by atoms with Gasteiger partial charge in [-0.05, 0) is 12.5 Å². The van der Waals surface area contributed by atoms with Gasteiger partial charge in [-0.2, -0.15) is 0 Å². The number of nitrogens with zero attached hydrogens (tertiary/aromatic N) is 1. The molecule has 2 atom stereocenters. The Morgan fingerprint density at radius 2 is 2.00 bits per heavy atom. The third kappa shape index (κ3) is 1.90. The minimum absolute atomic E-state index is 0.162. The van der Waals surface area contributed by atoms with Crippen LogP contribution in [0.15, 0.2) is 40.1 Å². The fourth-order valence-corrected chi connectivity index (χ4v) is 2.45. The minimum atomic E-state index is -0.633. The van der Waals surface area contributed by atoms with Gasteiger partial charge in [-0.3, -0.25) is 14.3 Å². The molecule has 0 saturated carbocycles. The number of nitrogens with one attached hydrogen (secondary N) is 1. The van der Waals surface area contributed by atoms with Crippen molar-refractivity contribution in [1.29, 1.82) is 0 Å². The molecule has 0 saturated heterocycles. The molecule has 0 bridgehead atoms. The highest BCUT2D eigenvalue weighted by Gasteiger charge is 2.32. The predicted molar refractivity (Wildman–Crippen MR) is 71.6 cm³/mol. The Kier molecular flexibility index (Phi) is 3.04. The van der Waals surface area contributed by atoms with Crippen LogP contribution in [0.3, 0.4) is 0 Å². The topological polar surface area (TPSA) is 84.3 Å². The zero-order chi connectivity index (χ0) is 14.3. The monoisotopic (exact) mass is 274 g/mol. The van der Waals surface area contributed by atoms with Crippen LogP contribution in [0.5, 0.6) is 0 Å². The molecule has 1 aromatic heterocycles. The second kappa shape index (κ2) is 4.73. The van der Waals surface area contributed by atoms with Gasteiger partial charge in [0, 0.05) is 17.3 Å². The Hall–Kier alpha value is -2.18. The first-order valence-corrected chi connectivity index (χ1v) is 6.29. The summed E-state index contributed by atoms with van der Waals surface area (Å²) >= 11 is 0. The summed E-state index contributed by atoms with van der Waals surface area (Å²) in [6.07, 6.45) is 0.379. The van der Waals surface area contributed by atoms with E-state index in [1.807, 2.05) is 24.3 Å². The number of aryl methyl sites for hydroxylation is 1. The van der Waals surface area contributed by atoms with Crippen LogP contribution >= 0.6 is 0 Å². The highest BCUT2D eigenvalue weighted by atomic mass is 16.5. The highest BCUT2D eigenvalue weighted by Crippen LogP contribution is 2.38. The Bertz CT molecular complexity index is 762. The zero-order valence-corrected chi connectivity index (χ0v) is 10.9. The van der Waals surface area contributed by atoms with Gasteiger partial charge in [-0.25, -0.2) is 4.79 Å². The molecule has 0 aliphatic carbocycles. The first kappa shape index (κ1) is 12.8. The van der Waals surface area contributed by atoms with Crippen molar-refractivity contribution in [2.24, 2.45) is 0 Å². The fraction of sp³-hybridized carbons (Fsp3) is 0.286. The van der Waals surface area contributed by atoms with Crippen LogP contribution in [-0.2, 0) is 4.74 Å². The maximum atomic E-state index is 11.9. The zero-order valence-electron chi connectivity index (χ0n) is 10.9. The molecule has 104 valence electrons. The van der Waals surface area contributed by atoms with Gasteiger partial charge in [-0.1, -0.05) is 24.3 Å². The van der Waals surface area contributed by atoms with E-state index >= 15 is 0 Å². The quantitative estimate of drug-likeness (QED) is 0.833. The molecular weight excluding hydrogens is 260 g/mol. The van der Waals surface area contributed by atoms with E-state index in [9.17, 15) is 14.7 Å². The van der Waals surface area contributed by atoms with E-state index in [2.05, 4.69) is 4.98 Å². The lowest BCUT2D eigenvalue weighted by atomic mass is 10.0. The number of aliphatic hydroxyl groups is 1. The molecule has 2 heterocycles. The third-order valence-corrected chi connectivity index (χ3v) is 3.47. The van der Waals surface area contributed by atoms with Gasteiger partial charge in [0.1, 0.15) is 6.10 Å². The molecule has 0 fully saturated rings. The summed E-state index contributed by atoms with van der Waals surface area (Å²) < 4.78 is 7.07. The van der Waals surface area contributed by atoms with Crippen LogP contribution in [0, 0.1) is 6.92 Å². The summed E-state index contributed by atoms with van der Waals surface area (Å²) in [5.74, 6) is 0. The van der Waals surface area contributed by atoms with Crippen LogP contribution in [-0.4, -0.2) is 21.3 Å². The molecule has 0 amide bonds. The minimum Gasteiger partial charge on any atom is -0.393 e. The lowest BCUT2D eigenvalue weighted by molar-refractivity contribution is -0.0342. The summed E-state index contributed by atoms with van der Waals surface area (Å²) in [5, 5.41) is 9.38. The van der Waals surface area contributed by atoms with Crippen LogP contribution in [0.1, 0.15) is 29.0 Å². The second-order valence-corrected chi connectivity index (χ2v) is 4.77.